The molecule has 8 heteroatoms. The molecule has 1 aromatic heterocycles. The molecule has 0 aromatic carbocycles. The molecule has 4 aliphatic heterocycles. The third-order valence-electron chi connectivity index (χ3n) is 7.15. The minimum absolute atomic E-state index is 0.0495. The summed E-state index contributed by atoms with van der Waals surface area (Å²) in [5, 5.41) is 3.14. The zero-order valence-electron chi connectivity index (χ0n) is 17.3. The van der Waals surface area contributed by atoms with E-state index in [0.29, 0.717) is 31.3 Å². The van der Waals surface area contributed by atoms with Gasteiger partial charge in [-0.25, -0.2) is 0 Å². The maximum Gasteiger partial charge on any atom is 0.261 e. The number of nitrogens with one attached hydrogen (secondary N) is 1. The maximum absolute atomic E-state index is 13.3. The number of hydrogen-bond acceptors (Lipinski definition) is 6. The van der Waals surface area contributed by atoms with Gasteiger partial charge < -0.3 is 24.4 Å². The van der Waals surface area contributed by atoms with Gasteiger partial charge in [-0.15, -0.1) is 0 Å². The van der Waals surface area contributed by atoms with Crippen molar-refractivity contribution in [2.24, 2.45) is 0 Å². The van der Waals surface area contributed by atoms with Gasteiger partial charge in [0.2, 0.25) is 5.91 Å². The van der Waals surface area contributed by atoms with E-state index in [4.69, 9.17) is 14.2 Å². The highest BCUT2D eigenvalue weighted by molar-refractivity contribution is 5.81. The van der Waals surface area contributed by atoms with Gasteiger partial charge in [-0.3, -0.25) is 14.6 Å². The van der Waals surface area contributed by atoms with E-state index in [2.05, 4.69) is 10.3 Å². The zero-order valence-corrected chi connectivity index (χ0v) is 17.3. The Balaban J connectivity index is 1.47. The van der Waals surface area contributed by atoms with Crippen LogP contribution in [0.4, 0.5) is 0 Å². The Morgan fingerprint density at radius 3 is 2.83 bits per heavy atom. The minimum Gasteiger partial charge on any atom is -0.482 e. The molecule has 5 aliphatic rings. The average molecular weight is 415 g/mol. The van der Waals surface area contributed by atoms with E-state index in [-0.39, 0.29) is 43.2 Å². The van der Waals surface area contributed by atoms with Crippen molar-refractivity contribution in [2.75, 3.05) is 26.4 Å². The van der Waals surface area contributed by atoms with E-state index in [1.807, 2.05) is 17.9 Å². The minimum atomic E-state index is -0.610. The molecule has 3 atom stereocenters. The Labute approximate surface area is 176 Å². The van der Waals surface area contributed by atoms with Crippen molar-refractivity contribution in [3.63, 3.8) is 0 Å². The number of pyridine rings is 1. The summed E-state index contributed by atoms with van der Waals surface area (Å²) >= 11 is 0. The van der Waals surface area contributed by atoms with E-state index >= 15 is 0 Å². The van der Waals surface area contributed by atoms with Crippen LogP contribution in [0.3, 0.4) is 0 Å². The molecule has 0 unspecified atom stereocenters. The third kappa shape index (κ3) is 3.46. The fourth-order valence-corrected chi connectivity index (χ4v) is 5.79. The standard InChI is InChI=1S/C22H29N3O5/c1-14-8-22(13-28-11-20(26)24-22)19-10-29-16-4-2-15(3-5-16)17-6-7-23-9-18(17)30-12-21(27)25(14)19/h6-7,9,14-16,19H,2-5,8,10-13H2,1H3,(H,24,26)/t14-,15?,16?,19+,22-/m1/s1. The summed E-state index contributed by atoms with van der Waals surface area (Å²) in [6.45, 7) is 2.81. The summed E-state index contributed by atoms with van der Waals surface area (Å²) in [7, 11) is 0. The average Bonchev–Trinajstić information content (AvgIpc) is 3.01. The largest absolute Gasteiger partial charge is 0.482 e. The second-order valence-corrected chi connectivity index (χ2v) is 9.08. The van der Waals surface area contributed by atoms with Crippen LogP contribution in [0.1, 0.15) is 50.5 Å². The van der Waals surface area contributed by atoms with Gasteiger partial charge in [0, 0.05) is 17.8 Å². The molecule has 1 aromatic rings. The maximum atomic E-state index is 13.3. The highest BCUT2D eigenvalue weighted by Crippen LogP contribution is 2.40. The molecule has 3 fully saturated rings. The van der Waals surface area contributed by atoms with Crippen molar-refractivity contribution in [1.82, 2.24) is 15.2 Å². The lowest BCUT2D eigenvalue weighted by molar-refractivity contribution is -0.145. The SMILES string of the molecule is C[C@@H]1C[C@@]2(COCC(=O)N2)[C@@H]2COC3CCC(CC3)c3ccncc3OCC(=O)N12. The number of aromatic nitrogens is 1. The molecule has 1 aliphatic carbocycles. The molecule has 2 amide bonds. The Hall–Kier alpha value is -2.19. The summed E-state index contributed by atoms with van der Waals surface area (Å²) < 4.78 is 18.0. The van der Waals surface area contributed by atoms with Crippen LogP contribution in [-0.4, -0.2) is 71.9 Å². The smallest absolute Gasteiger partial charge is 0.261 e. The van der Waals surface area contributed by atoms with Gasteiger partial charge in [-0.2, -0.15) is 0 Å². The first-order chi connectivity index (χ1) is 14.6. The normalized spacial score (nSPS) is 36.8. The number of amides is 2. The van der Waals surface area contributed by atoms with Crippen LogP contribution in [0.25, 0.3) is 0 Å². The Kier molecular flexibility index (Phi) is 5.14. The summed E-state index contributed by atoms with van der Waals surface area (Å²) in [4.78, 5) is 31.5. The monoisotopic (exact) mass is 415 g/mol. The number of carbonyl (C=O) groups is 2. The summed E-state index contributed by atoms with van der Waals surface area (Å²) in [6.07, 6.45) is 8.30. The summed E-state index contributed by atoms with van der Waals surface area (Å²) in [5.74, 6) is 0.855. The Morgan fingerprint density at radius 2 is 2.03 bits per heavy atom. The molecular formula is C22H29N3O5. The molecule has 162 valence electrons. The number of fused-ring (bicyclic) bond motifs is 5. The number of hydrogen-bond donors (Lipinski definition) is 1. The topological polar surface area (TPSA) is 90.0 Å². The number of ether oxygens (including phenoxy) is 3. The second kappa shape index (κ2) is 7.81. The highest BCUT2D eigenvalue weighted by Gasteiger charge is 2.55. The van der Waals surface area contributed by atoms with Gasteiger partial charge in [-0.05, 0) is 51.0 Å². The van der Waals surface area contributed by atoms with E-state index < -0.39 is 5.54 Å². The predicted molar refractivity (Wildman–Crippen MR) is 107 cm³/mol. The lowest BCUT2D eigenvalue weighted by Gasteiger charge is -2.41. The molecule has 30 heavy (non-hydrogen) atoms. The fourth-order valence-electron chi connectivity index (χ4n) is 5.79. The molecule has 0 radical (unpaired) electrons. The number of carbonyl (C=O) groups excluding carboxylic acids is 2. The first-order valence-corrected chi connectivity index (χ1v) is 10.9. The van der Waals surface area contributed by atoms with Crippen LogP contribution in [0.15, 0.2) is 18.5 Å². The third-order valence-corrected chi connectivity index (χ3v) is 7.15. The first-order valence-electron chi connectivity index (χ1n) is 10.9. The fraction of sp³-hybridized carbons (Fsp3) is 0.682. The van der Waals surface area contributed by atoms with Gasteiger partial charge in [-0.1, -0.05) is 0 Å². The number of morpholine rings is 1. The summed E-state index contributed by atoms with van der Waals surface area (Å²) in [5.41, 5.74) is 0.521. The van der Waals surface area contributed by atoms with E-state index in [9.17, 15) is 9.59 Å². The van der Waals surface area contributed by atoms with E-state index in [1.165, 1.54) is 0 Å². The number of rotatable bonds is 0. The molecule has 2 saturated heterocycles. The molecule has 1 N–H and O–H groups in total. The van der Waals surface area contributed by atoms with Crippen LogP contribution < -0.4 is 10.1 Å². The summed E-state index contributed by atoms with van der Waals surface area (Å²) in [6, 6.07) is 1.68. The van der Waals surface area contributed by atoms with E-state index in [1.54, 1.807) is 12.4 Å². The first kappa shape index (κ1) is 19.8. The van der Waals surface area contributed by atoms with Crippen molar-refractivity contribution >= 4 is 11.8 Å². The van der Waals surface area contributed by atoms with Gasteiger partial charge >= 0.3 is 0 Å². The van der Waals surface area contributed by atoms with Crippen LogP contribution in [0.2, 0.25) is 0 Å². The quantitative estimate of drug-likeness (QED) is 0.689. The molecular weight excluding hydrogens is 386 g/mol. The van der Waals surface area contributed by atoms with Crippen LogP contribution in [0.5, 0.6) is 5.75 Å². The van der Waals surface area contributed by atoms with Gasteiger partial charge in [0.25, 0.3) is 5.91 Å². The van der Waals surface area contributed by atoms with Crippen molar-refractivity contribution in [3.8, 4) is 5.75 Å². The van der Waals surface area contributed by atoms with Crippen molar-refractivity contribution in [3.05, 3.63) is 24.0 Å². The van der Waals surface area contributed by atoms with Crippen LogP contribution in [-0.2, 0) is 19.1 Å². The van der Waals surface area contributed by atoms with Crippen molar-refractivity contribution in [2.45, 2.75) is 68.7 Å². The zero-order chi connectivity index (χ0) is 20.7. The van der Waals surface area contributed by atoms with Crippen molar-refractivity contribution in [1.29, 1.82) is 0 Å². The molecule has 8 nitrogen and oxygen atoms in total. The molecule has 5 heterocycles. The number of nitrogens with zero attached hydrogens (tertiary/aromatic N) is 2. The van der Waals surface area contributed by atoms with Crippen LogP contribution >= 0.6 is 0 Å². The van der Waals surface area contributed by atoms with Gasteiger partial charge in [0.05, 0.1) is 37.1 Å². The molecule has 6 rings (SSSR count). The Bertz CT molecular complexity index is 825. The van der Waals surface area contributed by atoms with Crippen LogP contribution in [0, 0.1) is 0 Å². The highest BCUT2D eigenvalue weighted by atomic mass is 16.5. The van der Waals surface area contributed by atoms with Gasteiger partial charge in [0.1, 0.15) is 12.4 Å². The lowest BCUT2D eigenvalue weighted by Crippen LogP contribution is -2.65. The molecule has 2 bridgehead atoms. The second-order valence-electron chi connectivity index (χ2n) is 9.08. The Morgan fingerprint density at radius 1 is 1.20 bits per heavy atom. The molecule has 1 spiro atoms. The van der Waals surface area contributed by atoms with Gasteiger partial charge in [0.15, 0.2) is 6.61 Å². The van der Waals surface area contributed by atoms with E-state index in [0.717, 1.165) is 31.2 Å². The molecule has 1 saturated carbocycles. The lowest BCUT2D eigenvalue weighted by atomic mass is 9.82. The predicted octanol–water partition coefficient (Wildman–Crippen LogP) is 1.39. The van der Waals surface area contributed by atoms with Crippen molar-refractivity contribution < 1.29 is 23.8 Å².